The zero-order valence-corrected chi connectivity index (χ0v) is 13.3. The number of aryl methyl sites for hydroxylation is 1. The lowest BCUT2D eigenvalue weighted by atomic mass is 10.1. The van der Waals surface area contributed by atoms with Gasteiger partial charge in [-0.05, 0) is 34.8 Å². The maximum absolute atomic E-state index is 11.9. The molecule has 2 heterocycles. The van der Waals surface area contributed by atoms with E-state index in [4.69, 9.17) is 0 Å². The van der Waals surface area contributed by atoms with Crippen molar-refractivity contribution in [1.29, 1.82) is 0 Å². The molecule has 0 N–H and O–H groups in total. The van der Waals surface area contributed by atoms with E-state index in [1.54, 1.807) is 0 Å². The van der Waals surface area contributed by atoms with Crippen LogP contribution < -0.4 is 0 Å². The normalized spacial score (nSPS) is 11.3. The zero-order valence-electron chi connectivity index (χ0n) is 11.7. The SMILES string of the molecule is FCCCCCCCCCn1ncc2cc(Br)ncc21. The molecule has 2 aromatic rings. The largest absolute Gasteiger partial charge is 0.263 e. The summed E-state index contributed by atoms with van der Waals surface area (Å²) < 4.78 is 14.8. The summed E-state index contributed by atoms with van der Waals surface area (Å²) in [5.41, 5.74) is 1.09. The Labute approximate surface area is 127 Å². The first-order chi connectivity index (χ1) is 9.81. The molecule has 5 heteroatoms. The zero-order chi connectivity index (χ0) is 14.2. The number of nitrogens with zero attached hydrogens (tertiary/aromatic N) is 3. The van der Waals surface area contributed by atoms with Gasteiger partial charge in [-0.15, -0.1) is 0 Å². The summed E-state index contributed by atoms with van der Waals surface area (Å²) in [6.45, 7) is 0.772. The number of halogens is 2. The van der Waals surface area contributed by atoms with Crippen LogP contribution in [0.5, 0.6) is 0 Å². The van der Waals surface area contributed by atoms with Gasteiger partial charge in [0, 0.05) is 11.9 Å². The smallest absolute Gasteiger partial charge is 0.106 e. The van der Waals surface area contributed by atoms with Gasteiger partial charge in [-0.1, -0.05) is 32.1 Å². The second-order valence-electron chi connectivity index (χ2n) is 5.10. The van der Waals surface area contributed by atoms with Gasteiger partial charge in [0.1, 0.15) is 4.60 Å². The van der Waals surface area contributed by atoms with Crippen molar-refractivity contribution in [2.45, 2.75) is 51.5 Å². The van der Waals surface area contributed by atoms with Crippen LogP contribution in [-0.4, -0.2) is 21.4 Å². The summed E-state index contributed by atoms with van der Waals surface area (Å²) in [5.74, 6) is 0. The van der Waals surface area contributed by atoms with Crippen LogP contribution in [0.1, 0.15) is 44.9 Å². The van der Waals surface area contributed by atoms with E-state index in [2.05, 4.69) is 26.0 Å². The molecule has 0 atom stereocenters. The molecule has 0 aliphatic carbocycles. The van der Waals surface area contributed by atoms with Gasteiger partial charge in [-0.25, -0.2) is 4.98 Å². The van der Waals surface area contributed by atoms with Gasteiger partial charge < -0.3 is 0 Å². The maximum atomic E-state index is 11.9. The number of unbranched alkanes of at least 4 members (excludes halogenated alkanes) is 6. The van der Waals surface area contributed by atoms with Crippen LogP contribution in [0.15, 0.2) is 23.1 Å². The Morgan fingerprint density at radius 3 is 2.45 bits per heavy atom. The predicted octanol–water partition coefficient (Wildman–Crippen LogP) is 4.89. The van der Waals surface area contributed by atoms with Crippen molar-refractivity contribution in [3.05, 3.63) is 23.1 Å². The van der Waals surface area contributed by atoms with Crippen LogP contribution in [0.3, 0.4) is 0 Å². The third-order valence-electron chi connectivity index (χ3n) is 3.50. The number of aromatic nitrogens is 3. The van der Waals surface area contributed by atoms with Crippen molar-refractivity contribution >= 4 is 26.8 Å². The monoisotopic (exact) mass is 341 g/mol. The second-order valence-corrected chi connectivity index (χ2v) is 5.91. The summed E-state index contributed by atoms with van der Waals surface area (Å²) in [6.07, 6.45) is 11.5. The molecule has 0 fully saturated rings. The molecule has 0 unspecified atom stereocenters. The highest BCUT2D eigenvalue weighted by atomic mass is 79.9. The number of rotatable bonds is 9. The lowest BCUT2D eigenvalue weighted by Crippen LogP contribution is -2.00. The standard InChI is InChI=1S/C15H21BrFN3/c16-15-10-13-11-19-20(14(13)12-18-15)9-7-5-3-1-2-4-6-8-17/h10-12H,1-9H2. The topological polar surface area (TPSA) is 30.7 Å². The summed E-state index contributed by atoms with van der Waals surface area (Å²) in [7, 11) is 0. The fourth-order valence-electron chi connectivity index (χ4n) is 2.37. The van der Waals surface area contributed by atoms with Gasteiger partial charge in [0.25, 0.3) is 0 Å². The van der Waals surface area contributed by atoms with Crippen LogP contribution in [0, 0.1) is 0 Å². The number of alkyl halides is 1. The lowest BCUT2D eigenvalue weighted by Gasteiger charge is -2.04. The average molecular weight is 342 g/mol. The van der Waals surface area contributed by atoms with Crippen LogP contribution in [0.25, 0.3) is 10.9 Å². The highest BCUT2D eigenvalue weighted by molar-refractivity contribution is 9.10. The van der Waals surface area contributed by atoms with E-state index in [9.17, 15) is 4.39 Å². The fourth-order valence-corrected chi connectivity index (χ4v) is 2.72. The molecule has 2 rings (SSSR count). The molecular formula is C15H21BrFN3. The second kappa shape index (κ2) is 8.35. The first-order valence-corrected chi connectivity index (χ1v) is 8.13. The summed E-state index contributed by atoms with van der Waals surface area (Å²) >= 11 is 3.37. The Kier molecular flexibility index (Phi) is 6.43. The highest BCUT2D eigenvalue weighted by Gasteiger charge is 2.03. The number of fused-ring (bicyclic) bond motifs is 1. The molecule has 0 radical (unpaired) electrons. The highest BCUT2D eigenvalue weighted by Crippen LogP contribution is 2.17. The molecular weight excluding hydrogens is 321 g/mol. The molecule has 110 valence electrons. The molecule has 0 bridgehead atoms. The van der Waals surface area contributed by atoms with Crippen LogP contribution in [-0.2, 0) is 6.54 Å². The van der Waals surface area contributed by atoms with Crippen molar-refractivity contribution in [2.75, 3.05) is 6.67 Å². The molecule has 20 heavy (non-hydrogen) atoms. The molecule has 0 aromatic carbocycles. The molecule has 0 amide bonds. The Morgan fingerprint density at radius 1 is 1.00 bits per heavy atom. The van der Waals surface area contributed by atoms with E-state index < -0.39 is 0 Å². The van der Waals surface area contributed by atoms with Crippen molar-refractivity contribution in [1.82, 2.24) is 14.8 Å². The van der Waals surface area contributed by atoms with E-state index in [1.165, 1.54) is 19.3 Å². The summed E-state index contributed by atoms with van der Waals surface area (Å²) in [6, 6.07) is 1.99. The number of hydrogen-bond acceptors (Lipinski definition) is 2. The van der Waals surface area contributed by atoms with Crippen LogP contribution >= 0.6 is 15.9 Å². The Balaban J connectivity index is 1.68. The van der Waals surface area contributed by atoms with Crippen molar-refractivity contribution in [3.8, 4) is 0 Å². The van der Waals surface area contributed by atoms with Gasteiger partial charge in [0.05, 0.1) is 24.6 Å². The van der Waals surface area contributed by atoms with E-state index >= 15 is 0 Å². The van der Waals surface area contributed by atoms with E-state index in [0.29, 0.717) is 0 Å². The minimum Gasteiger partial charge on any atom is -0.263 e. The third kappa shape index (κ3) is 4.54. The van der Waals surface area contributed by atoms with Gasteiger partial charge in [-0.3, -0.25) is 9.07 Å². The third-order valence-corrected chi connectivity index (χ3v) is 3.93. The number of pyridine rings is 1. The Bertz CT molecular complexity index is 527. The molecule has 0 spiro atoms. The average Bonchev–Trinajstić information content (AvgIpc) is 2.84. The van der Waals surface area contributed by atoms with Gasteiger partial charge in [-0.2, -0.15) is 5.10 Å². The predicted molar refractivity (Wildman–Crippen MR) is 83.5 cm³/mol. The first-order valence-electron chi connectivity index (χ1n) is 7.34. The Morgan fingerprint density at radius 2 is 1.70 bits per heavy atom. The van der Waals surface area contributed by atoms with Gasteiger partial charge in [0.2, 0.25) is 0 Å². The molecule has 2 aromatic heterocycles. The molecule has 0 aliphatic rings. The maximum Gasteiger partial charge on any atom is 0.106 e. The van der Waals surface area contributed by atoms with Crippen molar-refractivity contribution in [3.63, 3.8) is 0 Å². The van der Waals surface area contributed by atoms with Gasteiger partial charge in [0.15, 0.2) is 0 Å². The fraction of sp³-hybridized carbons (Fsp3) is 0.600. The minimum absolute atomic E-state index is 0.170. The van der Waals surface area contributed by atoms with E-state index in [0.717, 1.165) is 47.7 Å². The summed E-state index contributed by atoms with van der Waals surface area (Å²) in [4.78, 5) is 4.25. The van der Waals surface area contributed by atoms with E-state index in [-0.39, 0.29) is 6.67 Å². The van der Waals surface area contributed by atoms with Crippen LogP contribution in [0.4, 0.5) is 4.39 Å². The molecule has 0 aliphatic heterocycles. The van der Waals surface area contributed by atoms with Crippen molar-refractivity contribution in [2.24, 2.45) is 0 Å². The lowest BCUT2D eigenvalue weighted by molar-refractivity contribution is 0.448. The van der Waals surface area contributed by atoms with Gasteiger partial charge >= 0.3 is 0 Å². The molecule has 3 nitrogen and oxygen atoms in total. The number of hydrogen-bond donors (Lipinski definition) is 0. The summed E-state index contributed by atoms with van der Waals surface area (Å²) in [5, 5.41) is 5.53. The van der Waals surface area contributed by atoms with E-state index in [1.807, 2.05) is 23.1 Å². The van der Waals surface area contributed by atoms with Crippen LogP contribution in [0.2, 0.25) is 0 Å². The first kappa shape index (κ1) is 15.4. The van der Waals surface area contributed by atoms with Crippen molar-refractivity contribution < 1.29 is 4.39 Å². The quantitative estimate of drug-likeness (QED) is 0.480. The minimum atomic E-state index is -0.170. The Hall–Kier alpha value is -0.970. The molecule has 0 saturated carbocycles. The molecule has 0 saturated heterocycles.